The Morgan fingerprint density at radius 2 is 1.90 bits per heavy atom. The molecular formula is C24H30N2O4S. The number of fused-ring (bicyclic) bond motifs is 1. The molecular weight excluding hydrogens is 412 g/mol. The molecule has 31 heavy (non-hydrogen) atoms. The highest BCUT2D eigenvalue weighted by Gasteiger charge is 2.36. The van der Waals surface area contributed by atoms with Gasteiger partial charge < -0.3 is 14.0 Å². The highest BCUT2D eigenvalue weighted by Crippen LogP contribution is 2.38. The second kappa shape index (κ2) is 8.93. The monoisotopic (exact) mass is 442 g/mol. The van der Waals surface area contributed by atoms with Crippen LogP contribution in [-0.2, 0) is 16.6 Å². The number of sulfonamides is 1. The van der Waals surface area contributed by atoms with Gasteiger partial charge >= 0.3 is 0 Å². The predicted molar refractivity (Wildman–Crippen MR) is 123 cm³/mol. The van der Waals surface area contributed by atoms with Crippen LogP contribution in [0.1, 0.15) is 37.7 Å². The van der Waals surface area contributed by atoms with Crippen molar-refractivity contribution >= 4 is 20.9 Å². The third-order valence-electron chi connectivity index (χ3n) is 6.15. The summed E-state index contributed by atoms with van der Waals surface area (Å²) in [4.78, 5) is 0.153. The van der Waals surface area contributed by atoms with Gasteiger partial charge in [-0.25, -0.2) is 8.42 Å². The molecule has 0 N–H and O–H groups in total. The van der Waals surface area contributed by atoms with E-state index in [4.69, 9.17) is 9.47 Å². The van der Waals surface area contributed by atoms with E-state index in [0.717, 1.165) is 25.8 Å². The molecule has 6 nitrogen and oxygen atoms in total. The number of methoxy groups -OCH3 is 2. The van der Waals surface area contributed by atoms with Crippen LogP contribution >= 0.6 is 0 Å². The molecule has 1 aliphatic rings. The number of aryl methyl sites for hydroxylation is 1. The third-order valence-corrected chi connectivity index (χ3v) is 8.04. The van der Waals surface area contributed by atoms with E-state index in [1.54, 1.807) is 16.4 Å². The van der Waals surface area contributed by atoms with Gasteiger partial charge in [-0.05, 0) is 36.6 Å². The summed E-state index contributed by atoms with van der Waals surface area (Å²) in [5.41, 5.74) is 2.46. The molecule has 3 aromatic rings. The standard InChI is InChI=1S/C24H30N2O4S/c1-4-5-13-25-17-21(20-8-6-7-9-22(20)25)18-12-14-26(16-18)31(27,28)24-15-19(29-2)10-11-23(24)30-3/h6-11,15,17-18H,4-5,12-14,16H2,1-3H3. The maximum Gasteiger partial charge on any atom is 0.246 e. The normalized spacial score (nSPS) is 17.3. The minimum atomic E-state index is -3.69. The van der Waals surface area contributed by atoms with Gasteiger partial charge in [0.15, 0.2) is 0 Å². The van der Waals surface area contributed by atoms with E-state index >= 15 is 0 Å². The first-order valence-electron chi connectivity index (χ1n) is 10.8. The summed E-state index contributed by atoms with van der Waals surface area (Å²) in [6.07, 6.45) is 5.29. The van der Waals surface area contributed by atoms with Crippen LogP contribution < -0.4 is 9.47 Å². The molecule has 0 bridgehead atoms. The van der Waals surface area contributed by atoms with Crippen LogP contribution in [0.3, 0.4) is 0 Å². The fraction of sp³-hybridized carbons (Fsp3) is 0.417. The largest absolute Gasteiger partial charge is 0.497 e. The average Bonchev–Trinajstić information content (AvgIpc) is 3.43. The zero-order valence-corrected chi connectivity index (χ0v) is 19.2. The van der Waals surface area contributed by atoms with Crippen LogP contribution in [-0.4, -0.2) is 44.6 Å². The van der Waals surface area contributed by atoms with Crippen LogP contribution in [0.5, 0.6) is 11.5 Å². The van der Waals surface area contributed by atoms with Gasteiger partial charge in [-0.15, -0.1) is 0 Å². The summed E-state index contributed by atoms with van der Waals surface area (Å²) in [6.45, 7) is 4.12. The van der Waals surface area contributed by atoms with Crippen molar-refractivity contribution in [1.29, 1.82) is 0 Å². The van der Waals surface area contributed by atoms with Crippen molar-refractivity contribution in [3.63, 3.8) is 0 Å². The van der Waals surface area contributed by atoms with Crippen LogP contribution in [0.2, 0.25) is 0 Å². The molecule has 1 atom stereocenters. The van der Waals surface area contributed by atoms with E-state index in [9.17, 15) is 8.42 Å². The molecule has 4 rings (SSSR count). The topological polar surface area (TPSA) is 60.8 Å². The number of rotatable bonds is 8. The van der Waals surface area contributed by atoms with Gasteiger partial charge in [-0.3, -0.25) is 0 Å². The SMILES string of the molecule is CCCCn1cc(C2CCN(S(=O)(=O)c3cc(OC)ccc3OC)C2)c2ccccc21. The van der Waals surface area contributed by atoms with Gasteiger partial charge in [0.1, 0.15) is 16.4 Å². The lowest BCUT2D eigenvalue weighted by Gasteiger charge is -2.19. The summed E-state index contributed by atoms with van der Waals surface area (Å²) in [5.74, 6) is 0.994. The van der Waals surface area contributed by atoms with Crippen molar-refractivity contribution in [2.75, 3.05) is 27.3 Å². The number of aromatic nitrogens is 1. The van der Waals surface area contributed by atoms with E-state index in [0.29, 0.717) is 24.6 Å². The molecule has 0 amide bonds. The molecule has 0 spiro atoms. The van der Waals surface area contributed by atoms with E-state index in [1.165, 1.54) is 36.8 Å². The third kappa shape index (κ3) is 4.04. The van der Waals surface area contributed by atoms with Gasteiger partial charge in [0.05, 0.1) is 14.2 Å². The molecule has 1 unspecified atom stereocenters. The van der Waals surface area contributed by atoms with Gasteiger partial charge in [0, 0.05) is 48.7 Å². The maximum atomic E-state index is 13.5. The Morgan fingerprint density at radius 1 is 1.10 bits per heavy atom. The summed E-state index contributed by atoms with van der Waals surface area (Å²) >= 11 is 0. The van der Waals surface area contributed by atoms with Crippen LogP contribution in [0.15, 0.2) is 53.6 Å². The molecule has 2 aromatic carbocycles. The fourth-order valence-electron chi connectivity index (χ4n) is 4.44. The summed E-state index contributed by atoms with van der Waals surface area (Å²) in [5, 5.41) is 1.22. The average molecular weight is 443 g/mol. The lowest BCUT2D eigenvalue weighted by Crippen LogP contribution is -2.29. The molecule has 0 radical (unpaired) electrons. The van der Waals surface area contributed by atoms with Crippen molar-refractivity contribution in [3.8, 4) is 11.5 Å². The first-order chi connectivity index (χ1) is 15.0. The van der Waals surface area contributed by atoms with Gasteiger partial charge in [-0.1, -0.05) is 31.5 Å². The van der Waals surface area contributed by atoms with Crippen molar-refractivity contribution in [1.82, 2.24) is 8.87 Å². The highest BCUT2D eigenvalue weighted by molar-refractivity contribution is 7.89. The molecule has 1 aromatic heterocycles. The number of para-hydroxylation sites is 1. The first kappa shape index (κ1) is 21.7. The molecule has 2 heterocycles. The summed E-state index contributed by atoms with van der Waals surface area (Å²) in [7, 11) is -0.683. The highest BCUT2D eigenvalue weighted by atomic mass is 32.2. The summed E-state index contributed by atoms with van der Waals surface area (Å²) < 4.78 is 41.4. The van der Waals surface area contributed by atoms with Crippen LogP contribution in [0.25, 0.3) is 10.9 Å². The van der Waals surface area contributed by atoms with Crippen LogP contribution in [0, 0.1) is 0 Å². The number of nitrogens with zero attached hydrogens (tertiary/aromatic N) is 2. The number of unbranched alkanes of at least 4 members (excludes halogenated alkanes) is 1. The van der Waals surface area contributed by atoms with E-state index < -0.39 is 10.0 Å². The van der Waals surface area contributed by atoms with Crippen molar-refractivity contribution in [2.45, 2.75) is 43.5 Å². The van der Waals surface area contributed by atoms with Gasteiger partial charge in [0.2, 0.25) is 10.0 Å². The second-order valence-electron chi connectivity index (χ2n) is 8.01. The van der Waals surface area contributed by atoms with E-state index in [1.807, 2.05) is 0 Å². The Hall–Kier alpha value is -2.51. The van der Waals surface area contributed by atoms with E-state index in [2.05, 4.69) is 42.0 Å². The zero-order valence-electron chi connectivity index (χ0n) is 18.4. The molecule has 1 aliphatic heterocycles. The van der Waals surface area contributed by atoms with Crippen LogP contribution in [0.4, 0.5) is 0 Å². The van der Waals surface area contributed by atoms with Gasteiger partial charge in [-0.2, -0.15) is 4.31 Å². The number of ether oxygens (including phenoxy) is 2. The zero-order chi connectivity index (χ0) is 22.0. The molecule has 1 fully saturated rings. The van der Waals surface area contributed by atoms with Crippen molar-refractivity contribution in [3.05, 3.63) is 54.2 Å². The minimum Gasteiger partial charge on any atom is -0.497 e. The van der Waals surface area contributed by atoms with Gasteiger partial charge in [0.25, 0.3) is 0 Å². The molecule has 166 valence electrons. The quantitative estimate of drug-likeness (QED) is 0.510. The Balaban J connectivity index is 1.65. The lowest BCUT2D eigenvalue weighted by molar-refractivity contribution is 0.388. The minimum absolute atomic E-state index is 0.153. The second-order valence-corrected chi connectivity index (χ2v) is 9.92. The Bertz CT molecular complexity index is 1170. The van der Waals surface area contributed by atoms with E-state index in [-0.39, 0.29) is 10.8 Å². The first-order valence-corrected chi connectivity index (χ1v) is 12.2. The number of benzene rings is 2. The predicted octanol–water partition coefficient (Wildman–Crippen LogP) is 4.64. The van der Waals surface area contributed by atoms with Crippen molar-refractivity contribution in [2.24, 2.45) is 0 Å². The summed E-state index contributed by atoms with van der Waals surface area (Å²) in [6, 6.07) is 13.3. The van der Waals surface area contributed by atoms with Crippen molar-refractivity contribution < 1.29 is 17.9 Å². The lowest BCUT2D eigenvalue weighted by atomic mass is 9.98. The smallest absolute Gasteiger partial charge is 0.246 e. The number of hydrogen-bond acceptors (Lipinski definition) is 4. The molecule has 7 heteroatoms. The Labute approximate surface area is 184 Å². The maximum absolute atomic E-state index is 13.5. The fourth-order valence-corrected chi connectivity index (χ4v) is 6.11. The molecule has 1 saturated heterocycles. The Morgan fingerprint density at radius 3 is 2.65 bits per heavy atom. The number of hydrogen-bond donors (Lipinski definition) is 0. The molecule has 0 saturated carbocycles. The Kier molecular flexibility index (Phi) is 6.25. The molecule has 0 aliphatic carbocycles.